The van der Waals surface area contributed by atoms with Crippen molar-refractivity contribution in [3.05, 3.63) is 44.6 Å². The Morgan fingerprint density at radius 2 is 2.21 bits per heavy atom. The number of halogens is 2. The summed E-state index contributed by atoms with van der Waals surface area (Å²) in [6, 6.07) is 4.09. The summed E-state index contributed by atoms with van der Waals surface area (Å²) in [5.41, 5.74) is 1.14. The van der Waals surface area contributed by atoms with E-state index in [-0.39, 0.29) is 10.9 Å². The largest absolute Gasteiger partial charge is 0.379 e. The predicted octanol–water partition coefficient (Wildman–Crippen LogP) is 3.33. The number of ether oxygens (including phenoxy) is 1. The zero-order valence-corrected chi connectivity index (χ0v) is 14.7. The number of rotatable bonds is 4. The Morgan fingerprint density at radius 3 is 2.92 bits per heavy atom. The lowest BCUT2D eigenvalue weighted by molar-refractivity contribution is 0.0341. The van der Waals surface area contributed by atoms with E-state index in [4.69, 9.17) is 16.3 Å². The molecule has 1 aliphatic heterocycles. The van der Waals surface area contributed by atoms with Gasteiger partial charge in [-0.15, -0.1) is 11.3 Å². The van der Waals surface area contributed by atoms with E-state index in [2.05, 4.69) is 15.2 Å². The molecule has 1 aromatic carbocycles. The van der Waals surface area contributed by atoms with Gasteiger partial charge in [0.1, 0.15) is 15.7 Å². The van der Waals surface area contributed by atoms with Crippen molar-refractivity contribution < 1.29 is 13.9 Å². The number of nitrogens with one attached hydrogen (secondary N) is 1. The number of benzene rings is 1. The van der Waals surface area contributed by atoms with Crippen LogP contribution in [0.5, 0.6) is 0 Å². The van der Waals surface area contributed by atoms with Crippen LogP contribution in [0.1, 0.15) is 20.4 Å². The van der Waals surface area contributed by atoms with Crippen LogP contribution in [0.25, 0.3) is 0 Å². The SMILES string of the molecule is Cc1nc(CN2CCOCC2)sc1C(=O)Nc1ccc(F)c(Cl)c1. The van der Waals surface area contributed by atoms with Gasteiger partial charge in [-0.3, -0.25) is 9.69 Å². The van der Waals surface area contributed by atoms with Gasteiger partial charge in [-0.05, 0) is 25.1 Å². The number of anilines is 1. The number of amides is 1. The van der Waals surface area contributed by atoms with Crippen LogP contribution in [-0.2, 0) is 11.3 Å². The van der Waals surface area contributed by atoms with E-state index in [1.165, 1.54) is 29.5 Å². The summed E-state index contributed by atoms with van der Waals surface area (Å²) in [7, 11) is 0. The molecule has 8 heteroatoms. The third-order valence-electron chi connectivity index (χ3n) is 3.69. The zero-order chi connectivity index (χ0) is 17.1. The molecule has 0 unspecified atom stereocenters. The van der Waals surface area contributed by atoms with Gasteiger partial charge in [0.05, 0.1) is 30.5 Å². The van der Waals surface area contributed by atoms with Crippen molar-refractivity contribution >= 4 is 34.5 Å². The minimum absolute atomic E-state index is 0.0261. The fraction of sp³-hybridized carbons (Fsp3) is 0.375. The molecule has 128 valence electrons. The minimum Gasteiger partial charge on any atom is -0.379 e. The van der Waals surface area contributed by atoms with E-state index in [0.717, 1.165) is 31.3 Å². The molecule has 3 rings (SSSR count). The average Bonchev–Trinajstić information content (AvgIpc) is 2.92. The quantitative estimate of drug-likeness (QED) is 0.898. The van der Waals surface area contributed by atoms with Crippen molar-refractivity contribution in [2.45, 2.75) is 13.5 Å². The average molecular weight is 370 g/mol. The second-order valence-corrected chi connectivity index (χ2v) is 6.98. The smallest absolute Gasteiger partial charge is 0.267 e. The molecule has 2 heterocycles. The summed E-state index contributed by atoms with van der Waals surface area (Å²) in [6.45, 7) is 5.71. The minimum atomic E-state index is -0.517. The molecular weight excluding hydrogens is 353 g/mol. The van der Waals surface area contributed by atoms with Gasteiger partial charge in [0.2, 0.25) is 0 Å². The highest BCUT2D eigenvalue weighted by molar-refractivity contribution is 7.13. The number of carbonyl (C=O) groups is 1. The second-order valence-electron chi connectivity index (χ2n) is 5.49. The van der Waals surface area contributed by atoms with E-state index in [9.17, 15) is 9.18 Å². The lowest BCUT2D eigenvalue weighted by Crippen LogP contribution is -2.35. The monoisotopic (exact) mass is 369 g/mol. The van der Waals surface area contributed by atoms with Crippen LogP contribution in [-0.4, -0.2) is 42.1 Å². The number of nitrogens with zero attached hydrogens (tertiary/aromatic N) is 2. The molecule has 0 saturated carbocycles. The van der Waals surface area contributed by atoms with Gasteiger partial charge >= 0.3 is 0 Å². The van der Waals surface area contributed by atoms with E-state index >= 15 is 0 Å². The van der Waals surface area contributed by atoms with E-state index in [0.29, 0.717) is 22.8 Å². The van der Waals surface area contributed by atoms with Crippen LogP contribution in [0.4, 0.5) is 10.1 Å². The van der Waals surface area contributed by atoms with Gasteiger partial charge in [-0.2, -0.15) is 0 Å². The molecular formula is C16H17ClFN3O2S. The molecule has 0 atom stereocenters. The Morgan fingerprint density at radius 1 is 1.46 bits per heavy atom. The van der Waals surface area contributed by atoms with Crippen LogP contribution in [0.15, 0.2) is 18.2 Å². The number of hydrogen-bond acceptors (Lipinski definition) is 5. The van der Waals surface area contributed by atoms with Gasteiger partial charge in [0.15, 0.2) is 0 Å². The highest BCUT2D eigenvalue weighted by atomic mass is 35.5. The molecule has 2 aromatic rings. The predicted molar refractivity (Wildman–Crippen MR) is 92.3 cm³/mol. The van der Waals surface area contributed by atoms with E-state index in [1.807, 2.05) is 6.92 Å². The molecule has 24 heavy (non-hydrogen) atoms. The van der Waals surface area contributed by atoms with Crippen molar-refractivity contribution in [1.29, 1.82) is 0 Å². The summed E-state index contributed by atoms with van der Waals surface area (Å²) in [6.07, 6.45) is 0. The summed E-state index contributed by atoms with van der Waals surface area (Å²) in [5, 5.41) is 3.60. The molecule has 1 saturated heterocycles. The Balaban J connectivity index is 1.69. The van der Waals surface area contributed by atoms with Crippen molar-refractivity contribution in [2.24, 2.45) is 0 Å². The summed E-state index contributed by atoms with van der Waals surface area (Å²) in [4.78, 5) is 19.7. The molecule has 1 N–H and O–H groups in total. The normalized spacial score (nSPS) is 15.5. The summed E-state index contributed by atoms with van der Waals surface area (Å²) >= 11 is 7.11. The standard InChI is InChI=1S/C16H17ClFN3O2S/c1-10-15(16(22)20-11-2-3-13(18)12(17)8-11)24-14(19-10)9-21-4-6-23-7-5-21/h2-3,8H,4-7,9H2,1H3,(H,20,22). The van der Waals surface area contributed by atoms with Crippen LogP contribution >= 0.6 is 22.9 Å². The first-order valence-electron chi connectivity index (χ1n) is 7.56. The van der Waals surface area contributed by atoms with Crippen molar-refractivity contribution in [3.8, 4) is 0 Å². The maximum absolute atomic E-state index is 13.2. The number of morpholine rings is 1. The van der Waals surface area contributed by atoms with Crippen molar-refractivity contribution in [1.82, 2.24) is 9.88 Å². The second kappa shape index (κ2) is 7.57. The van der Waals surface area contributed by atoms with E-state index < -0.39 is 5.82 Å². The first kappa shape index (κ1) is 17.3. The molecule has 0 spiro atoms. The maximum Gasteiger partial charge on any atom is 0.267 e. The summed E-state index contributed by atoms with van der Waals surface area (Å²) < 4.78 is 18.5. The number of thiazole rings is 1. The zero-order valence-electron chi connectivity index (χ0n) is 13.1. The highest BCUT2D eigenvalue weighted by Gasteiger charge is 2.18. The number of aryl methyl sites for hydroxylation is 1. The summed E-state index contributed by atoms with van der Waals surface area (Å²) in [5.74, 6) is -0.780. The first-order valence-corrected chi connectivity index (χ1v) is 8.75. The van der Waals surface area contributed by atoms with Crippen LogP contribution in [0, 0.1) is 12.7 Å². The van der Waals surface area contributed by atoms with Gasteiger partial charge in [-0.1, -0.05) is 11.6 Å². The highest BCUT2D eigenvalue weighted by Crippen LogP contribution is 2.23. The van der Waals surface area contributed by atoms with Gasteiger partial charge < -0.3 is 10.1 Å². The van der Waals surface area contributed by atoms with Gasteiger partial charge in [0, 0.05) is 18.8 Å². The Hall–Kier alpha value is -1.54. The van der Waals surface area contributed by atoms with Crippen LogP contribution in [0.3, 0.4) is 0 Å². The number of carbonyl (C=O) groups excluding carboxylic acids is 1. The molecule has 1 aromatic heterocycles. The Kier molecular flexibility index (Phi) is 5.45. The molecule has 1 fully saturated rings. The fourth-order valence-corrected chi connectivity index (χ4v) is 3.63. The molecule has 0 bridgehead atoms. The van der Waals surface area contributed by atoms with Crippen molar-refractivity contribution in [2.75, 3.05) is 31.6 Å². The van der Waals surface area contributed by atoms with Crippen LogP contribution < -0.4 is 5.32 Å². The third-order valence-corrected chi connectivity index (χ3v) is 5.12. The van der Waals surface area contributed by atoms with Crippen LogP contribution in [0.2, 0.25) is 5.02 Å². The Labute approximate surface area is 148 Å². The molecule has 0 aliphatic carbocycles. The van der Waals surface area contributed by atoms with Gasteiger partial charge in [-0.25, -0.2) is 9.37 Å². The Bertz CT molecular complexity index is 747. The van der Waals surface area contributed by atoms with E-state index in [1.54, 1.807) is 0 Å². The molecule has 5 nitrogen and oxygen atoms in total. The first-order chi connectivity index (χ1) is 11.5. The number of hydrogen-bond donors (Lipinski definition) is 1. The molecule has 0 radical (unpaired) electrons. The number of aromatic nitrogens is 1. The fourth-order valence-electron chi connectivity index (χ4n) is 2.44. The third kappa shape index (κ3) is 4.10. The maximum atomic E-state index is 13.2. The molecule has 1 aliphatic rings. The van der Waals surface area contributed by atoms with Gasteiger partial charge in [0.25, 0.3) is 5.91 Å². The lowest BCUT2D eigenvalue weighted by atomic mass is 10.3. The lowest BCUT2D eigenvalue weighted by Gasteiger charge is -2.25. The topological polar surface area (TPSA) is 54.5 Å². The van der Waals surface area contributed by atoms with Crippen molar-refractivity contribution in [3.63, 3.8) is 0 Å². The molecule has 1 amide bonds.